The number of nitrogens with one attached hydrogen (secondary N) is 2. The van der Waals surface area contributed by atoms with Crippen molar-refractivity contribution in [3.8, 4) is 0 Å². The van der Waals surface area contributed by atoms with Gasteiger partial charge in [-0.25, -0.2) is 0 Å². The van der Waals surface area contributed by atoms with E-state index in [1.807, 2.05) is 18.2 Å². The highest BCUT2D eigenvalue weighted by atomic mass is 35.5. The van der Waals surface area contributed by atoms with E-state index in [4.69, 9.17) is 11.6 Å². The molecule has 1 heterocycles. The Hall–Kier alpha value is -1.88. The molecule has 2 aromatic rings. The SMILES string of the molecule is CC(C)CNc1nncc(NCCc2cccc(Cl)c2)n1. The van der Waals surface area contributed by atoms with Crippen LogP contribution in [0.1, 0.15) is 19.4 Å². The first-order valence-corrected chi connectivity index (χ1v) is 7.43. The summed E-state index contributed by atoms with van der Waals surface area (Å²) in [4.78, 5) is 4.37. The van der Waals surface area contributed by atoms with Crippen LogP contribution in [-0.2, 0) is 6.42 Å². The maximum absolute atomic E-state index is 5.96. The molecule has 0 saturated carbocycles. The first kappa shape index (κ1) is 15.5. The van der Waals surface area contributed by atoms with Crippen molar-refractivity contribution in [3.63, 3.8) is 0 Å². The zero-order valence-electron chi connectivity index (χ0n) is 12.3. The predicted molar refractivity (Wildman–Crippen MR) is 86.8 cm³/mol. The number of rotatable bonds is 7. The van der Waals surface area contributed by atoms with Crippen LogP contribution < -0.4 is 10.6 Å². The minimum atomic E-state index is 0.535. The van der Waals surface area contributed by atoms with Gasteiger partial charge in [0.1, 0.15) is 0 Å². The highest BCUT2D eigenvalue weighted by molar-refractivity contribution is 6.30. The molecule has 0 fully saturated rings. The molecular formula is C15H20ClN5. The van der Waals surface area contributed by atoms with Crippen LogP contribution in [0.15, 0.2) is 30.5 Å². The number of halogens is 1. The number of hydrogen-bond donors (Lipinski definition) is 2. The quantitative estimate of drug-likeness (QED) is 0.822. The molecule has 21 heavy (non-hydrogen) atoms. The van der Waals surface area contributed by atoms with E-state index < -0.39 is 0 Å². The Labute approximate surface area is 130 Å². The van der Waals surface area contributed by atoms with Gasteiger partial charge >= 0.3 is 0 Å². The Balaban J connectivity index is 1.84. The topological polar surface area (TPSA) is 62.7 Å². The first-order valence-electron chi connectivity index (χ1n) is 7.05. The van der Waals surface area contributed by atoms with Gasteiger partial charge in [0.2, 0.25) is 5.95 Å². The zero-order chi connectivity index (χ0) is 15.1. The molecule has 0 bridgehead atoms. The van der Waals surface area contributed by atoms with Crippen LogP contribution in [-0.4, -0.2) is 28.3 Å². The van der Waals surface area contributed by atoms with Gasteiger partial charge in [-0.2, -0.15) is 10.1 Å². The maximum Gasteiger partial charge on any atom is 0.244 e. The number of anilines is 2. The molecule has 2 rings (SSSR count). The molecule has 6 heteroatoms. The van der Waals surface area contributed by atoms with Gasteiger partial charge in [0.25, 0.3) is 0 Å². The van der Waals surface area contributed by atoms with Crippen LogP contribution in [0.3, 0.4) is 0 Å². The van der Waals surface area contributed by atoms with Crippen LogP contribution >= 0.6 is 11.6 Å². The van der Waals surface area contributed by atoms with Crippen LogP contribution in [0, 0.1) is 5.92 Å². The average molecular weight is 306 g/mol. The van der Waals surface area contributed by atoms with E-state index in [9.17, 15) is 0 Å². The second-order valence-electron chi connectivity index (χ2n) is 5.25. The third-order valence-corrected chi connectivity index (χ3v) is 3.07. The monoisotopic (exact) mass is 305 g/mol. The first-order chi connectivity index (χ1) is 10.1. The summed E-state index contributed by atoms with van der Waals surface area (Å²) < 4.78 is 0. The number of aromatic nitrogens is 3. The molecule has 0 aliphatic carbocycles. The highest BCUT2D eigenvalue weighted by Crippen LogP contribution is 2.11. The van der Waals surface area contributed by atoms with Gasteiger partial charge in [0.05, 0.1) is 6.20 Å². The fourth-order valence-electron chi connectivity index (χ4n) is 1.79. The maximum atomic E-state index is 5.96. The van der Waals surface area contributed by atoms with E-state index in [1.165, 1.54) is 5.56 Å². The van der Waals surface area contributed by atoms with Crippen molar-refractivity contribution in [2.75, 3.05) is 23.7 Å². The summed E-state index contributed by atoms with van der Waals surface area (Å²) >= 11 is 5.96. The van der Waals surface area contributed by atoms with Crippen molar-refractivity contribution in [2.24, 2.45) is 5.92 Å². The molecule has 0 aliphatic heterocycles. The van der Waals surface area contributed by atoms with Gasteiger partial charge in [-0.15, -0.1) is 5.10 Å². The summed E-state index contributed by atoms with van der Waals surface area (Å²) in [6, 6.07) is 7.86. The fraction of sp³-hybridized carbons (Fsp3) is 0.400. The third kappa shape index (κ3) is 5.55. The molecule has 0 aliphatic rings. The average Bonchev–Trinajstić information content (AvgIpc) is 2.46. The molecule has 0 saturated heterocycles. The second-order valence-corrected chi connectivity index (χ2v) is 5.68. The minimum Gasteiger partial charge on any atom is -0.368 e. The van der Waals surface area contributed by atoms with Crippen molar-refractivity contribution in [3.05, 3.63) is 41.0 Å². The van der Waals surface area contributed by atoms with E-state index in [2.05, 4.69) is 45.7 Å². The Bertz CT molecular complexity index is 573. The van der Waals surface area contributed by atoms with E-state index in [-0.39, 0.29) is 0 Å². The Morgan fingerprint density at radius 1 is 1.24 bits per heavy atom. The number of hydrogen-bond acceptors (Lipinski definition) is 5. The Morgan fingerprint density at radius 2 is 2.10 bits per heavy atom. The number of benzene rings is 1. The van der Waals surface area contributed by atoms with Crippen molar-refractivity contribution >= 4 is 23.4 Å². The lowest BCUT2D eigenvalue weighted by atomic mass is 10.1. The van der Waals surface area contributed by atoms with E-state index in [1.54, 1.807) is 6.20 Å². The third-order valence-electron chi connectivity index (χ3n) is 2.84. The summed E-state index contributed by atoms with van der Waals surface area (Å²) in [5.74, 6) is 1.81. The smallest absolute Gasteiger partial charge is 0.244 e. The lowest BCUT2D eigenvalue weighted by molar-refractivity contribution is 0.682. The van der Waals surface area contributed by atoms with Gasteiger partial charge in [-0.05, 0) is 30.0 Å². The summed E-state index contributed by atoms with van der Waals surface area (Å²) in [5.41, 5.74) is 1.19. The van der Waals surface area contributed by atoms with Crippen LogP contribution in [0.2, 0.25) is 5.02 Å². The molecule has 112 valence electrons. The molecule has 2 N–H and O–H groups in total. The molecular weight excluding hydrogens is 286 g/mol. The molecule has 0 amide bonds. The summed E-state index contributed by atoms with van der Waals surface area (Å²) in [5, 5.41) is 15.1. The summed E-state index contributed by atoms with van der Waals surface area (Å²) in [6.07, 6.45) is 2.50. The highest BCUT2D eigenvalue weighted by Gasteiger charge is 2.01. The fourth-order valence-corrected chi connectivity index (χ4v) is 2.00. The largest absolute Gasteiger partial charge is 0.368 e. The van der Waals surface area contributed by atoms with Crippen molar-refractivity contribution in [1.82, 2.24) is 15.2 Å². The Morgan fingerprint density at radius 3 is 2.86 bits per heavy atom. The van der Waals surface area contributed by atoms with Gasteiger partial charge in [-0.3, -0.25) is 0 Å². The zero-order valence-corrected chi connectivity index (χ0v) is 13.1. The van der Waals surface area contributed by atoms with Crippen molar-refractivity contribution in [2.45, 2.75) is 20.3 Å². The molecule has 1 aromatic heterocycles. The predicted octanol–water partition coefficient (Wildman–Crippen LogP) is 3.25. The standard InChI is InChI=1S/C15H20ClN5/c1-11(2)9-18-15-20-14(10-19-21-15)17-7-6-12-4-3-5-13(16)8-12/h3-5,8,10-11H,6-7,9H2,1-2H3,(H2,17,18,20,21). The molecule has 5 nitrogen and oxygen atoms in total. The molecule has 0 unspecified atom stereocenters. The van der Waals surface area contributed by atoms with E-state index >= 15 is 0 Å². The summed E-state index contributed by atoms with van der Waals surface area (Å²) in [7, 11) is 0. The van der Waals surface area contributed by atoms with Crippen molar-refractivity contribution in [1.29, 1.82) is 0 Å². The number of nitrogens with zero attached hydrogens (tertiary/aromatic N) is 3. The van der Waals surface area contributed by atoms with E-state index in [0.29, 0.717) is 11.9 Å². The van der Waals surface area contributed by atoms with Gasteiger partial charge in [0.15, 0.2) is 5.82 Å². The normalized spacial score (nSPS) is 10.7. The van der Waals surface area contributed by atoms with Gasteiger partial charge in [-0.1, -0.05) is 37.6 Å². The molecule has 0 radical (unpaired) electrons. The molecule has 0 spiro atoms. The van der Waals surface area contributed by atoms with E-state index in [0.717, 1.165) is 30.4 Å². The van der Waals surface area contributed by atoms with Crippen molar-refractivity contribution < 1.29 is 0 Å². The Kier molecular flexibility index (Phi) is 5.75. The van der Waals surface area contributed by atoms with Crippen LogP contribution in [0.4, 0.5) is 11.8 Å². The van der Waals surface area contributed by atoms with Crippen LogP contribution in [0.25, 0.3) is 0 Å². The lowest BCUT2D eigenvalue weighted by Crippen LogP contribution is -2.13. The minimum absolute atomic E-state index is 0.535. The van der Waals surface area contributed by atoms with Crippen LogP contribution in [0.5, 0.6) is 0 Å². The summed E-state index contributed by atoms with van der Waals surface area (Å²) in [6.45, 7) is 5.86. The lowest BCUT2D eigenvalue weighted by Gasteiger charge is -2.09. The molecule has 1 aromatic carbocycles. The van der Waals surface area contributed by atoms with Gasteiger partial charge in [0, 0.05) is 18.1 Å². The molecule has 0 atom stereocenters. The van der Waals surface area contributed by atoms with Gasteiger partial charge < -0.3 is 10.6 Å². The second kappa shape index (κ2) is 7.78.